The van der Waals surface area contributed by atoms with Crippen molar-refractivity contribution >= 4 is 0 Å². The number of likely N-dealkylation sites (tertiary alicyclic amines) is 1. The molecule has 1 saturated heterocycles. The highest BCUT2D eigenvalue weighted by molar-refractivity contribution is 5.25. The van der Waals surface area contributed by atoms with E-state index in [0.29, 0.717) is 17.5 Å². The number of benzene rings is 1. The van der Waals surface area contributed by atoms with Crippen LogP contribution >= 0.6 is 0 Å². The lowest BCUT2D eigenvalue weighted by Gasteiger charge is -2.34. The molecule has 21 heavy (non-hydrogen) atoms. The van der Waals surface area contributed by atoms with Crippen LogP contribution in [0.2, 0.25) is 0 Å². The summed E-state index contributed by atoms with van der Waals surface area (Å²) in [5.74, 6) is 0. The molecule has 0 spiro atoms. The summed E-state index contributed by atoms with van der Waals surface area (Å²) < 4.78 is 0. The van der Waals surface area contributed by atoms with Crippen LogP contribution in [0.1, 0.15) is 57.7 Å². The molecule has 1 aliphatic heterocycles. The second-order valence-corrected chi connectivity index (χ2v) is 7.47. The molecule has 0 aliphatic carbocycles. The van der Waals surface area contributed by atoms with E-state index in [1.54, 1.807) is 0 Å². The quantitative estimate of drug-likeness (QED) is 0.845. The third kappa shape index (κ3) is 4.31. The predicted octanol–water partition coefficient (Wildman–Crippen LogP) is 4.16. The summed E-state index contributed by atoms with van der Waals surface area (Å²) in [5.41, 5.74) is 3.23. The molecule has 0 aromatic heterocycles. The van der Waals surface area contributed by atoms with Gasteiger partial charge in [0.1, 0.15) is 0 Å². The molecule has 1 aliphatic rings. The lowest BCUT2D eigenvalue weighted by molar-refractivity contribution is 0.187. The van der Waals surface area contributed by atoms with Crippen molar-refractivity contribution in [1.82, 2.24) is 10.2 Å². The molecule has 1 aromatic carbocycles. The van der Waals surface area contributed by atoms with Crippen LogP contribution in [0.15, 0.2) is 24.3 Å². The highest BCUT2D eigenvalue weighted by atomic mass is 15.2. The van der Waals surface area contributed by atoms with E-state index in [-0.39, 0.29) is 0 Å². The van der Waals surface area contributed by atoms with Crippen LogP contribution in [0.4, 0.5) is 0 Å². The van der Waals surface area contributed by atoms with Crippen LogP contribution in [0.3, 0.4) is 0 Å². The largest absolute Gasteiger partial charge is 0.309 e. The highest BCUT2D eigenvalue weighted by Gasteiger charge is 2.34. The van der Waals surface area contributed by atoms with Gasteiger partial charge in [0, 0.05) is 18.6 Å². The molecule has 2 rings (SSSR count). The van der Waals surface area contributed by atoms with Crippen LogP contribution in [-0.2, 0) is 0 Å². The van der Waals surface area contributed by atoms with Gasteiger partial charge in [0.05, 0.1) is 0 Å². The fraction of sp³-hybridized carbons (Fsp3) is 0.684. The van der Waals surface area contributed by atoms with Crippen LogP contribution in [0.5, 0.6) is 0 Å². The average Bonchev–Trinajstić information content (AvgIpc) is 2.81. The molecule has 1 aromatic rings. The Bertz CT molecular complexity index is 435. The zero-order valence-corrected chi connectivity index (χ0v) is 14.4. The van der Waals surface area contributed by atoms with E-state index in [1.807, 2.05) is 0 Å². The topological polar surface area (TPSA) is 15.3 Å². The molecule has 2 atom stereocenters. The van der Waals surface area contributed by atoms with E-state index in [0.717, 1.165) is 6.54 Å². The van der Waals surface area contributed by atoms with E-state index in [1.165, 1.54) is 37.1 Å². The van der Waals surface area contributed by atoms with E-state index < -0.39 is 0 Å². The molecular weight excluding hydrogens is 256 g/mol. The third-order valence-corrected chi connectivity index (χ3v) is 4.82. The van der Waals surface area contributed by atoms with E-state index in [4.69, 9.17) is 0 Å². The van der Waals surface area contributed by atoms with Gasteiger partial charge in [-0.05, 0) is 50.8 Å². The Morgan fingerprint density at radius 3 is 2.43 bits per heavy atom. The summed E-state index contributed by atoms with van der Waals surface area (Å²) in [6.45, 7) is 15.1. The summed E-state index contributed by atoms with van der Waals surface area (Å²) in [7, 11) is 0. The van der Waals surface area contributed by atoms with E-state index in [2.05, 4.69) is 69.1 Å². The van der Waals surface area contributed by atoms with Gasteiger partial charge in [-0.15, -0.1) is 0 Å². The van der Waals surface area contributed by atoms with Gasteiger partial charge in [0.2, 0.25) is 0 Å². The molecule has 0 amide bonds. The Labute approximate surface area is 130 Å². The van der Waals surface area contributed by atoms with Crippen molar-refractivity contribution in [3.8, 4) is 0 Å². The monoisotopic (exact) mass is 288 g/mol. The number of nitrogens with zero attached hydrogens (tertiary/aromatic N) is 1. The second kappa shape index (κ2) is 6.93. The first-order chi connectivity index (χ1) is 9.93. The molecule has 0 saturated carbocycles. The van der Waals surface area contributed by atoms with Crippen molar-refractivity contribution in [1.29, 1.82) is 0 Å². The van der Waals surface area contributed by atoms with Crippen LogP contribution in [0.25, 0.3) is 0 Å². The summed E-state index contributed by atoms with van der Waals surface area (Å²) in [6.07, 6.45) is 2.49. The molecule has 0 bridgehead atoms. The lowest BCUT2D eigenvalue weighted by atomic mass is 9.93. The fourth-order valence-electron chi connectivity index (χ4n) is 3.35. The number of rotatable bonds is 6. The molecule has 2 nitrogen and oxygen atoms in total. The molecule has 118 valence electrons. The molecular formula is C19H32N2. The first-order valence-electron chi connectivity index (χ1n) is 8.47. The molecule has 1 fully saturated rings. The van der Waals surface area contributed by atoms with Crippen molar-refractivity contribution in [2.45, 2.75) is 59.5 Å². The van der Waals surface area contributed by atoms with Crippen molar-refractivity contribution in [2.75, 3.05) is 19.6 Å². The summed E-state index contributed by atoms with van der Waals surface area (Å²) in [6, 6.07) is 10.0. The van der Waals surface area contributed by atoms with Gasteiger partial charge in [-0.3, -0.25) is 4.90 Å². The maximum atomic E-state index is 3.77. The molecule has 2 unspecified atom stereocenters. The normalized spacial score (nSPS) is 21.4. The first-order valence-corrected chi connectivity index (χ1v) is 8.47. The Kier molecular flexibility index (Phi) is 5.45. The molecule has 0 radical (unpaired) electrons. The lowest BCUT2D eigenvalue weighted by Crippen LogP contribution is -2.42. The van der Waals surface area contributed by atoms with Gasteiger partial charge in [0.25, 0.3) is 0 Å². The Hall–Kier alpha value is -0.860. The number of hydrogen-bond acceptors (Lipinski definition) is 2. The van der Waals surface area contributed by atoms with Crippen molar-refractivity contribution in [3.63, 3.8) is 0 Å². The van der Waals surface area contributed by atoms with Crippen molar-refractivity contribution in [2.24, 2.45) is 5.41 Å². The summed E-state index contributed by atoms with van der Waals surface area (Å²) >= 11 is 0. The fourth-order valence-corrected chi connectivity index (χ4v) is 3.35. The number of nitrogens with one attached hydrogen (secondary N) is 1. The minimum Gasteiger partial charge on any atom is -0.309 e. The van der Waals surface area contributed by atoms with Gasteiger partial charge >= 0.3 is 0 Å². The van der Waals surface area contributed by atoms with Crippen LogP contribution in [0, 0.1) is 12.3 Å². The highest BCUT2D eigenvalue weighted by Crippen LogP contribution is 2.33. The standard InChI is InChI=1S/C19H32N2/c1-6-12-20-18(17-9-7-15(2)8-10-17)16(3)21-13-11-19(4,5)14-21/h7-10,16,18,20H,6,11-14H2,1-5H3. The predicted molar refractivity (Wildman–Crippen MR) is 91.6 cm³/mol. The van der Waals surface area contributed by atoms with Gasteiger partial charge in [0.15, 0.2) is 0 Å². The van der Waals surface area contributed by atoms with Gasteiger partial charge in [-0.25, -0.2) is 0 Å². The Morgan fingerprint density at radius 2 is 1.90 bits per heavy atom. The molecule has 1 N–H and O–H groups in total. The van der Waals surface area contributed by atoms with Gasteiger partial charge in [-0.2, -0.15) is 0 Å². The minimum absolute atomic E-state index is 0.430. The second-order valence-electron chi connectivity index (χ2n) is 7.47. The number of hydrogen-bond donors (Lipinski definition) is 1. The van der Waals surface area contributed by atoms with E-state index >= 15 is 0 Å². The summed E-state index contributed by atoms with van der Waals surface area (Å²) in [4.78, 5) is 2.66. The third-order valence-electron chi connectivity index (χ3n) is 4.82. The van der Waals surface area contributed by atoms with Crippen LogP contribution < -0.4 is 5.32 Å². The Balaban J connectivity index is 2.13. The smallest absolute Gasteiger partial charge is 0.0475 e. The van der Waals surface area contributed by atoms with Gasteiger partial charge in [-0.1, -0.05) is 50.6 Å². The van der Waals surface area contributed by atoms with Crippen LogP contribution in [-0.4, -0.2) is 30.6 Å². The summed E-state index contributed by atoms with van der Waals surface area (Å²) in [5, 5.41) is 3.77. The minimum atomic E-state index is 0.430. The van der Waals surface area contributed by atoms with Crippen molar-refractivity contribution < 1.29 is 0 Å². The van der Waals surface area contributed by atoms with Gasteiger partial charge < -0.3 is 5.32 Å². The number of aryl methyl sites for hydroxylation is 1. The maximum Gasteiger partial charge on any atom is 0.0475 e. The maximum absolute atomic E-state index is 3.77. The molecule has 2 heteroatoms. The molecule has 1 heterocycles. The van der Waals surface area contributed by atoms with Crippen molar-refractivity contribution in [3.05, 3.63) is 35.4 Å². The Morgan fingerprint density at radius 1 is 1.24 bits per heavy atom. The van der Waals surface area contributed by atoms with E-state index in [9.17, 15) is 0 Å². The average molecular weight is 288 g/mol. The zero-order chi connectivity index (χ0) is 15.5. The first kappa shape index (κ1) is 16.5. The SMILES string of the molecule is CCCNC(c1ccc(C)cc1)C(C)N1CCC(C)(C)C1. The zero-order valence-electron chi connectivity index (χ0n) is 14.4.